The number of nitrogens with zero attached hydrogens (tertiary/aromatic N) is 1. The van der Waals surface area contributed by atoms with Gasteiger partial charge in [-0.2, -0.15) is 0 Å². The number of fused-ring (bicyclic) bond motifs is 2. The quantitative estimate of drug-likeness (QED) is 0.636. The summed E-state index contributed by atoms with van der Waals surface area (Å²) >= 11 is 0. The Hall–Kier alpha value is -0.0400. The first-order valence-electron chi connectivity index (χ1n) is 6.77. The number of hydrogen-bond acceptors (Lipinski definition) is 1. The summed E-state index contributed by atoms with van der Waals surface area (Å²) in [5.74, 6) is 1.01. The predicted octanol–water partition coefficient (Wildman–Crippen LogP) is 3.44. The van der Waals surface area contributed by atoms with Crippen molar-refractivity contribution < 1.29 is 0 Å². The molecule has 2 aliphatic heterocycles. The fraction of sp³-hybridized carbons (Fsp3) is 1.00. The minimum absolute atomic E-state index is 0.527. The van der Waals surface area contributed by atoms with Crippen molar-refractivity contribution in [1.82, 2.24) is 4.90 Å². The van der Waals surface area contributed by atoms with Crippen LogP contribution in [0, 0.1) is 11.3 Å². The molecule has 2 atom stereocenters. The van der Waals surface area contributed by atoms with Crippen LogP contribution in [0.25, 0.3) is 0 Å². The number of hydrogen-bond donors (Lipinski definition) is 0. The van der Waals surface area contributed by atoms with Crippen LogP contribution in [0.4, 0.5) is 0 Å². The Balaban J connectivity index is 1.75. The summed E-state index contributed by atoms with van der Waals surface area (Å²) in [7, 11) is 0. The summed E-state index contributed by atoms with van der Waals surface area (Å²) in [5, 5.41) is 0. The van der Waals surface area contributed by atoms with Crippen LogP contribution in [-0.4, -0.2) is 23.0 Å². The molecule has 2 unspecified atom stereocenters. The van der Waals surface area contributed by atoms with E-state index in [0.717, 1.165) is 17.5 Å². The van der Waals surface area contributed by atoms with Crippen LogP contribution in [-0.2, 0) is 0 Å². The van der Waals surface area contributed by atoms with E-state index in [4.69, 9.17) is 0 Å². The van der Waals surface area contributed by atoms with E-state index >= 15 is 0 Å². The van der Waals surface area contributed by atoms with E-state index < -0.39 is 0 Å². The Kier molecular flexibility index (Phi) is 2.03. The molecule has 1 spiro atoms. The Bertz CT molecular complexity index is 257. The highest BCUT2D eigenvalue weighted by Gasteiger charge is 2.59. The molecule has 3 rings (SSSR count). The van der Waals surface area contributed by atoms with Crippen LogP contribution < -0.4 is 0 Å². The van der Waals surface area contributed by atoms with Crippen LogP contribution >= 0.6 is 0 Å². The fourth-order valence-corrected chi connectivity index (χ4v) is 4.24. The van der Waals surface area contributed by atoms with Crippen LogP contribution in [0.5, 0.6) is 0 Å². The van der Waals surface area contributed by atoms with Gasteiger partial charge in [0.25, 0.3) is 0 Å². The molecular weight excluding hydrogens is 182 g/mol. The Morgan fingerprint density at radius 3 is 2.60 bits per heavy atom. The summed E-state index contributed by atoms with van der Waals surface area (Å²) < 4.78 is 0. The van der Waals surface area contributed by atoms with E-state index in [2.05, 4.69) is 25.7 Å². The maximum absolute atomic E-state index is 2.89. The summed E-state index contributed by atoms with van der Waals surface area (Å²) in [6, 6.07) is 0.965. The highest BCUT2D eigenvalue weighted by Crippen LogP contribution is 2.58. The maximum atomic E-state index is 2.89. The van der Waals surface area contributed by atoms with Crippen molar-refractivity contribution in [2.24, 2.45) is 11.3 Å². The molecule has 0 aromatic heterocycles. The minimum Gasteiger partial charge on any atom is -0.294 e. The second kappa shape index (κ2) is 3.00. The molecule has 3 fully saturated rings. The summed E-state index contributed by atoms with van der Waals surface area (Å²) in [6.07, 6.45) is 8.93. The Labute approximate surface area is 94.2 Å². The lowest BCUT2D eigenvalue weighted by atomic mass is 9.80. The summed E-state index contributed by atoms with van der Waals surface area (Å²) in [5.41, 5.74) is 1.25. The van der Waals surface area contributed by atoms with E-state index in [0.29, 0.717) is 5.41 Å². The standard InChI is InChI=1S/C14H25N/c1-13(2,3)9-11-10-14(6-7-14)15-8-4-5-12(11)15/h11-12H,4-10H2,1-3H3. The first-order valence-corrected chi connectivity index (χ1v) is 6.77. The summed E-state index contributed by atoms with van der Waals surface area (Å²) in [6.45, 7) is 8.63. The van der Waals surface area contributed by atoms with Crippen molar-refractivity contribution in [3.05, 3.63) is 0 Å². The molecule has 2 saturated heterocycles. The smallest absolute Gasteiger partial charge is 0.0217 e. The molecule has 2 heterocycles. The molecule has 0 radical (unpaired) electrons. The molecular formula is C14H25N. The zero-order valence-electron chi connectivity index (χ0n) is 10.6. The number of rotatable bonds is 1. The first kappa shape index (κ1) is 10.1. The highest BCUT2D eigenvalue weighted by molar-refractivity contribution is 5.15. The van der Waals surface area contributed by atoms with Gasteiger partial charge in [-0.05, 0) is 56.4 Å². The van der Waals surface area contributed by atoms with Crippen LogP contribution in [0.1, 0.15) is 59.3 Å². The van der Waals surface area contributed by atoms with Gasteiger partial charge in [0, 0.05) is 11.6 Å². The topological polar surface area (TPSA) is 3.24 Å². The van der Waals surface area contributed by atoms with E-state index in [9.17, 15) is 0 Å². The van der Waals surface area contributed by atoms with Crippen molar-refractivity contribution in [3.63, 3.8) is 0 Å². The van der Waals surface area contributed by atoms with Gasteiger partial charge in [0.05, 0.1) is 0 Å². The molecule has 0 aromatic rings. The van der Waals surface area contributed by atoms with Crippen molar-refractivity contribution >= 4 is 0 Å². The molecule has 0 N–H and O–H groups in total. The molecule has 0 bridgehead atoms. The lowest BCUT2D eigenvalue weighted by molar-refractivity contribution is 0.203. The molecule has 0 aromatic carbocycles. The van der Waals surface area contributed by atoms with Gasteiger partial charge in [0.1, 0.15) is 0 Å². The molecule has 1 aliphatic carbocycles. The fourth-order valence-electron chi connectivity index (χ4n) is 4.24. The molecule has 0 amide bonds. The highest BCUT2D eigenvalue weighted by atomic mass is 15.3. The van der Waals surface area contributed by atoms with Gasteiger partial charge in [-0.1, -0.05) is 20.8 Å². The molecule has 3 aliphatic rings. The van der Waals surface area contributed by atoms with E-state index in [1.165, 1.54) is 45.1 Å². The SMILES string of the molecule is CC(C)(C)CC1CC2(CC2)N2CCCC12. The van der Waals surface area contributed by atoms with Crippen molar-refractivity contribution in [1.29, 1.82) is 0 Å². The summed E-state index contributed by atoms with van der Waals surface area (Å²) in [4.78, 5) is 2.89. The average Bonchev–Trinajstić information content (AvgIpc) is 2.61. The predicted molar refractivity (Wildman–Crippen MR) is 63.9 cm³/mol. The van der Waals surface area contributed by atoms with Gasteiger partial charge in [0.15, 0.2) is 0 Å². The van der Waals surface area contributed by atoms with Gasteiger partial charge in [-0.25, -0.2) is 0 Å². The monoisotopic (exact) mass is 207 g/mol. The largest absolute Gasteiger partial charge is 0.294 e. The third-order valence-corrected chi connectivity index (χ3v) is 4.80. The Morgan fingerprint density at radius 1 is 1.27 bits per heavy atom. The zero-order valence-corrected chi connectivity index (χ0v) is 10.6. The average molecular weight is 207 g/mol. The van der Waals surface area contributed by atoms with E-state index in [1.54, 1.807) is 0 Å². The molecule has 15 heavy (non-hydrogen) atoms. The van der Waals surface area contributed by atoms with E-state index in [-0.39, 0.29) is 0 Å². The van der Waals surface area contributed by atoms with E-state index in [1.807, 2.05) is 0 Å². The third-order valence-electron chi connectivity index (χ3n) is 4.80. The van der Waals surface area contributed by atoms with Crippen LogP contribution in [0.3, 0.4) is 0 Å². The molecule has 1 nitrogen and oxygen atoms in total. The van der Waals surface area contributed by atoms with Gasteiger partial charge in [-0.15, -0.1) is 0 Å². The van der Waals surface area contributed by atoms with Crippen molar-refractivity contribution in [3.8, 4) is 0 Å². The lowest BCUT2D eigenvalue weighted by Gasteiger charge is -2.27. The Morgan fingerprint density at radius 2 is 2.00 bits per heavy atom. The molecule has 86 valence electrons. The third kappa shape index (κ3) is 1.63. The second-order valence-electron chi connectivity index (χ2n) is 7.36. The normalized spacial score (nSPS) is 38.6. The van der Waals surface area contributed by atoms with Gasteiger partial charge in [0.2, 0.25) is 0 Å². The second-order valence-corrected chi connectivity index (χ2v) is 7.36. The van der Waals surface area contributed by atoms with Gasteiger partial charge < -0.3 is 0 Å². The molecule has 1 heteroatoms. The van der Waals surface area contributed by atoms with Crippen LogP contribution in [0.2, 0.25) is 0 Å². The minimum atomic E-state index is 0.527. The zero-order chi connectivity index (χ0) is 10.7. The van der Waals surface area contributed by atoms with Gasteiger partial charge in [-0.3, -0.25) is 4.90 Å². The van der Waals surface area contributed by atoms with Crippen molar-refractivity contribution in [2.45, 2.75) is 70.9 Å². The lowest BCUT2D eigenvalue weighted by Crippen LogP contribution is -2.34. The molecule has 1 saturated carbocycles. The first-order chi connectivity index (χ1) is 7.00. The van der Waals surface area contributed by atoms with Crippen LogP contribution in [0.15, 0.2) is 0 Å². The maximum Gasteiger partial charge on any atom is 0.0217 e. The van der Waals surface area contributed by atoms with Gasteiger partial charge >= 0.3 is 0 Å². The van der Waals surface area contributed by atoms with Crippen molar-refractivity contribution in [2.75, 3.05) is 6.54 Å².